The summed E-state index contributed by atoms with van der Waals surface area (Å²) in [5.41, 5.74) is 2.83. The first-order valence-electron chi connectivity index (χ1n) is 7.63. The van der Waals surface area contributed by atoms with Crippen LogP contribution in [0.1, 0.15) is 15.9 Å². The molecule has 4 rings (SSSR count). The van der Waals surface area contributed by atoms with Crippen molar-refractivity contribution in [2.45, 2.75) is 6.92 Å². The van der Waals surface area contributed by atoms with E-state index >= 15 is 0 Å². The summed E-state index contributed by atoms with van der Waals surface area (Å²) >= 11 is 0. The maximum absolute atomic E-state index is 12.9. The van der Waals surface area contributed by atoms with Crippen LogP contribution in [-0.4, -0.2) is 32.2 Å². The van der Waals surface area contributed by atoms with Crippen LogP contribution in [0.25, 0.3) is 22.2 Å². The Balaban J connectivity index is 1.98. The molecule has 0 saturated heterocycles. The van der Waals surface area contributed by atoms with E-state index in [2.05, 4.69) is 10.1 Å². The quantitative estimate of drug-likeness (QED) is 0.525. The number of fused-ring (bicyclic) bond motifs is 3. The van der Waals surface area contributed by atoms with E-state index in [1.807, 2.05) is 31.2 Å². The van der Waals surface area contributed by atoms with Crippen LogP contribution in [0, 0.1) is 6.92 Å². The van der Waals surface area contributed by atoms with Gasteiger partial charge in [-0.15, -0.1) is 0 Å². The molecule has 0 saturated carbocycles. The Labute approximate surface area is 142 Å². The standard InChI is InChI=1S/C18H14N4O3/c1-11-4-3-5-12(8-11)21-7-6-15-13(17(21)23)9-19-16-14(18(24)25-2)10-20-22(15)16/h3-10H,1-2H3. The van der Waals surface area contributed by atoms with Crippen molar-refractivity contribution in [3.8, 4) is 5.69 Å². The van der Waals surface area contributed by atoms with E-state index in [0.717, 1.165) is 11.3 Å². The Morgan fingerprint density at radius 1 is 1.20 bits per heavy atom. The number of carbonyl (C=O) groups excluding carboxylic acids is 1. The van der Waals surface area contributed by atoms with E-state index in [-0.39, 0.29) is 11.1 Å². The molecule has 0 amide bonds. The number of esters is 1. The van der Waals surface area contributed by atoms with Crippen molar-refractivity contribution < 1.29 is 9.53 Å². The zero-order valence-corrected chi connectivity index (χ0v) is 13.6. The van der Waals surface area contributed by atoms with Crippen molar-refractivity contribution >= 4 is 22.5 Å². The highest BCUT2D eigenvalue weighted by atomic mass is 16.5. The number of aromatic nitrogens is 4. The van der Waals surface area contributed by atoms with E-state index < -0.39 is 5.97 Å². The molecule has 25 heavy (non-hydrogen) atoms. The molecule has 3 aromatic heterocycles. The number of methoxy groups -OCH3 is 1. The van der Waals surface area contributed by atoms with Crippen molar-refractivity contribution in [1.29, 1.82) is 0 Å². The normalized spacial score (nSPS) is 11.1. The van der Waals surface area contributed by atoms with Gasteiger partial charge in [0.2, 0.25) is 0 Å². The van der Waals surface area contributed by atoms with Gasteiger partial charge in [-0.05, 0) is 30.7 Å². The first kappa shape index (κ1) is 15.1. The van der Waals surface area contributed by atoms with Crippen LogP contribution in [0.15, 0.2) is 53.7 Å². The second-order valence-corrected chi connectivity index (χ2v) is 5.67. The molecule has 3 heterocycles. The number of ether oxygens (including phenoxy) is 1. The van der Waals surface area contributed by atoms with Crippen LogP contribution in [-0.2, 0) is 4.74 Å². The van der Waals surface area contributed by atoms with Gasteiger partial charge in [0, 0.05) is 18.1 Å². The molecule has 0 aliphatic rings. The SMILES string of the molecule is COC(=O)c1cnn2c1ncc1c(=O)n(-c3cccc(C)c3)ccc12. The van der Waals surface area contributed by atoms with Gasteiger partial charge in [-0.3, -0.25) is 9.36 Å². The highest BCUT2D eigenvalue weighted by Crippen LogP contribution is 2.17. The van der Waals surface area contributed by atoms with E-state index in [0.29, 0.717) is 16.6 Å². The highest BCUT2D eigenvalue weighted by molar-refractivity contribution is 5.96. The average molecular weight is 334 g/mol. The second-order valence-electron chi connectivity index (χ2n) is 5.67. The summed E-state index contributed by atoms with van der Waals surface area (Å²) < 4.78 is 7.77. The molecule has 7 nitrogen and oxygen atoms in total. The Morgan fingerprint density at radius 3 is 2.80 bits per heavy atom. The van der Waals surface area contributed by atoms with Gasteiger partial charge in [-0.25, -0.2) is 14.3 Å². The van der Waals surface area contributed by atoms with E-state index in [9.17, 15) is 9.59 Å². The van der Waals surface area contributed by atoms with Crippen LogP contribution in [0.4, 0.5) is 0 Å². The fraction of sp³-hybridized carbons (Fsp3) is 0.111. The molecule has 0 atom stereocenters. The molecular weight excluding hydrogens is 320 g/mol. The summed E-state index contributed by atoms with van der Waals surface area (Å²) in [6, 6.07) is 9.46. The van der Waals surface area contributed by atoms with E-state index in [4.69, 9.17) is 4.74 Å². The van der Waals surface area contributed by atoms with Gasteiger partial charge in [-0.1, -0.05) is 12.1 Å². The summed E-state index contributed by atoms with van der Waals surface area (Å²) in [4.78, 5) is 28.9. The van der Waals surface area contributed by atoms with Gasteiger partial charge >= 0.3 is 5.97 Å². The highest BCUT2D eigenvalue weighted by Gasteiger charge is 2.17. The minimum absolute atomic E-state index is 0.201. The van der Waals surface area contributed by atoms with Gasteiger partial charge in [0.05, 0.1) is 24.2 Å². The van der Waals surface area contributed by atoms with Gasteiger partial charge in [0.25, 0.3) is 5.56 Å². The van der Waals surface area contributed by atoms with Gasteiger partial charge in [-0.2, -0.15) is 5.10 Å². The fourth-order valence-corrected chi connectivity index (χ4v) is 2.85. The first-order valence-corrected chi connectivity index (χ1v) is 7.63. The lowest BCUT2D eigenvalue weighted by atomic mass is 10.2. The predicted molar refractivity (Wildman–Crippen MR) is 92.2 cm³/mol. The largest absolute Gasteiger partial charge is 0.465 e. The minimum atomic E-state index is -0.519. The number of nitrogens with zero attached hydrogens (tertiary/aromatic N) is 4. The molecule has 0 aliphatic heterocycles. The number of benzene rings is 1. The van der Waals surface area contributed by atoms with Crippen LogP contribution in [0.2, 0.25) is 0 Å². The van der Waals surface area contributed by atoms with E-state index in [1.165, 1.54) is 24.0 Å². The summed E-state index contributed by atoms with van der Waals surface area (Å²) in [5, 5.41) is 4.59. The number of hydrogen-bond acceptors (Lipinski definition) is 5. The van der Waals surface area contributed by atoms with Crippen molar-refractivity contribution in [3.63, 3.8) is 0 Å². The number of carbonyl (C=O) groups is 1. The van der Waals surface area contributed by atoms with Crippen molar-refractivity contribution in [3.05, 3.63) is 70.4 Å². The van der Waals surface area contributed by atoms with Crippen molar-refractivity contribution in [2.75, 3.05) is 7.11 Å². The number of aryl methyl sites for hydroxylation is 1. The molecule has 0 unspecified atom stereocenters. The average Bonchev–Trinajstić information content (AvgIpc) is 3.06. The summed E-state index contributed by atoms with van der Waals surface area (Å²) in [6.07, 6.45) is 4.55. The number of hydrogen-bond donors (Lipinski definition) is 0. The third-order valence-corrected chi connectivity index (χ3v) is 4.08. The summed E-state index contributed by atoms with van der Waals surface area (Å²) in [7, 11) is 1.30. The Hall–Kier alpha value is -3.48. The third kappa shape index (κ3) is 2.28. The molecule has 1 aromatic carbocycles. The van der Waals surface area contributed by atoms with Gasteiger partial charge in [0.15, 0.2) is 5.65 Å². The zero-order valence-electron chi connectivity index (χ0n) is 13.6. The molecule has 0 radical (unpaired) electrons. The van der Waals surface area contributed by atoms with Crippen molar-refractivity contribution in [2.24, 2.45) is 0 Å². The Kier molecular flexibility index (Phi) is 3.35. The topological polar surface area (TPSA) is 78.5 Å². The molecule has 4 aromatic rings. The van der Waals surface area contributed by atoms with Gasteiger partial charge in [0.1, 0.15) is 5.56 Å². The lowest BCUT2D eigenvalue weighted by Crippen LogP contribution is -2.19. The molecule has 0 spiro atoms. The number of rotatable bonds is 2. The Morgan fingerprint density at radius 2 is 2.04 bits per heavy atom. The van der Waals surface area contributed by atoms with Crippen LogP contribution < -0.4 is 5.56 Å². The van der Waals surface area contributed by atoms with Crippen LogP contribution in [0.3, 0.4) is 0 Å². The lowest BCUT2D eigenvalue weighted by molar-refractivity contribution is 0.0602. The fourth-order valence-electron chi connectivity index (χ4n) is 2.85. The molecule has 0 aliphatic carbocycles. The van der Waals surface area contributed by atoms with Crippen molar-refractivity contribution in [1.82, 2.24) is 19.2 Å². The molecule has 0 bridgehead atoms. The maximum Gasteiger partial charge on any atom is 0.343 e. The van der Waals surface area contributed by atoms with Crippen LogP contribution in [0.5, 0.6) is 0 Å². The summed E-state index contributed by atoms with van der Waals surface area (Å²) in [6.45, 7) is 1.97. The minimum Gasteiger partial charge on any atom is -0.465 e. The number of pyridine rings is 1. The summed E-state index contributed by atoms with van der Waals surface area (Å²) in [5.74, 6) is -0.519. The predicted octanol–water partition coefficient (Wildman–Crippen LogP) is 2.13. The molecule has 0 N–H and O–H groups in total. The lowest BCUT2D eigenvalue weighted by Gasteiger charge is -2.08. The van der Waals surface area contributed by atoms with Crippen LogP contribution >= 0.6 is 0 Å². The molecular formula is C18H14N4O3. The molecule has 7 heteroatoms. The first-order chi connectivity index (χ1) is 12.1. The smallest absolute Gasteiger partial charge is 0.343 e. The second kappa shape index (κ2) is 5.55. The molecule has 0 fully saturated rings. The Bertz CT molecular complexity index is 1190. The zero-order chi connectivity index (χ0) is 17.6. The molecule has 124 valence electrons. The monoisotopic (exact) mass is 334 g/mol. The van der Waals surface area contributed by atoms with Gasteiger partial charge < -0.3 is 4.74 Å². The third-order valence-electron chi connectivity index (χ3n) is 4.08. The van der Waals surface area contributed by atoms with E-state index in [1.54, 1.807) is 16.8 Å². The maximum atomic E-state index is 12.9.